The first kappa shape index (κ1) is 29.7. The Morgan fingerprint density at radius 3 is 2.22 bits per heavy atom. The minimum Gasteiger partial charge on any atom is -0.312 e. The van der Waals surface area contributed by atoms with Gasteiger partial charge in [-0.1, -0.05) is 128 Å². The summed E-state index contributed by atoms with van der Waals surface area (Å²) in [4.78, 5) is 7.39. The quantitative estimate of drug-likeness (QED) is 0.188. The summed E-state index contributed by atoms with van der Waals surface area (Å²) >= 11 is 0. The minimum absolute atomic E-state index is 0.361. The van der Waals surface area contributed by atoms with Crippen molar-refractivity contribution in [3.05, 3.63) is 174 Å². The molecule has 0 saturated heterocycles. The standard InChI is InChI=1S/C48H37N3/c1-32-14-11-25-42-46-40-22-7-9-26-44(40)50(37-28-29-43(49-31-37)34-16-3-2-4-17-34)45-27-10-8-23-41(45)48(46)51(47(32)42)36-20-12-19-35(30-36)39-24-13-18-33-15-5-6-21-38(33)39/h2-5,7-13,15-20,22-32H,6,14,21H2,1H3. The molecule has 51 heavy (non-hydrogen) atoms. The topological polar surface area (TPSA) is 21.1 Å². The van der Waals surface area contributed by atoms with Gasteiger partial charge in [-0.25, -0.2) is 0 Å². The van der Waals surface area contributed by atoms with Gasteiger partial charge >= 0.3 is 0 Å². The molecule has 244 valence electrons. The van der Waals surface area contributed by atoms with Crippen LogP contribution in [0.4, 0.5) is 17.1 Å². The molecule has 2 aliphatic carbocycles. The van der Waals surface area contributed by atoms with E-state index in [1.165, 1.54) is 61.6 Å². The lowest BCUT2D eigenvalue weighted by molar-refractivity contribution is 0.719. The molecule has 0 amide bonds. The molecule has 0 fully saturated rings. The van der Waals surface area contributed by atoms with Crippen LogP contribution in [0.3, 0.4) is 0 Å². The van der Waals surface area contributed by atoms with Crippen molar-refractivity contribution >= 4 is 29.2 Å². The number of hydrogen-bond acceptors (Lipinski definition) is 2. The van der Waals surface area contributed by atoms with Gasteiger partial charge in [0.25, 0.3) is 0 Å². The molecule has 0 N–H and O–H groups in total. The third kappa shape index (κ3) is 4.76. The fourth-order valence-corrected chi connectivity index (χ4v) is 8.58. The average molecular weight is 656 g/mol. The van der Waals surface area contributed by atoms with E-state index in [1.54, 1.807) is 0 Å². The highest BCUT2D eigenvalue weighted by molar-refractivity contribution is 6.05. The molecular formula is C48H37N3. The van der Waals surface area contributed by atoms with Crippen LogP contribution in [0.25, 0.3) is 62.6 Å². The number of aromatic nitrogens is 2. The van der Waals surface area contributed by atoms with Crippen LogP contribution >= 0.6 is 0 Å². The Kier molecular flexibility index (Phi) is 6.99. The van der Waals surface area contributed by atoms with Gasteiger partial charge in [0.05, 0.1) is 34.6 Å². The zero-order valence-corrected chi connectivity index (χ0v) is 28.6. The number of fused-ring (bicyclic) bond motifs is 8. The maximum absolute atomic E-state index is 4.99. The molecule has 0 bridgehead atoms. The molecule has 3 heteroatoms. The summed E-state index contributed by atoms with van der Waals surface area (Å²) in [5.74, 6) is 0.361. The van der Waals surface area contributed by atoms with Crippen LogP contribution in [-0.2, 0) is 6.42 Å². The number of benzene rings is 5. The van der Waals surface area contributed by atoms with Crippen LogP contribution < -0.4 is 4.90 Å². The first-order chi connectivity index (χ1) is 25.2. The summed E-state index contributed by atoms with van der Waals surface area (Å²) in [5.41, 5.74) is 19.7. The lowest BCUT2D eigenvalue weighted by Crippen LogP contribution is -2.13. The molecule has 3 aliphatic rings. The Bertz CT molecular complexity index is 2520. The van der Waals surface area contributed by atoms with Crippen LogP contribution in [-0.4, -0.2) is 9.55 Å². The Morgan fingerprint density at radius 2 is 1.37 bits per heavy atom. The summed E-state index contributed by atoms with van der Waals surface area (Å²) in [6, 6.07) is 48.6. The van der Waals surface area contributed by atoms with Gasteiger partial charge in [0.1, 0.15) is 0 Å². The van der Waals surface area contributed by atoms with E-state index < -0.39 is 0 Å². The number of hydrogen-bond donors (Lipinski definition) is 0. The van der Waals surface area contributed by atoms with Crippen LogP contribution in [0.5, 0.6) is 0 Å². The maximum Gasteiger partial charge on any atom is 0.0703 e. The molecule has 1 unspecified atom stereocenters. The predicted octanol–water partition coefficient (Wildman–Crippen LogP) is 12.8. The lowest BCUT2D eigenvalue weighted by Gasteiger charge is -2.28. The average Bonchev–Trinajstić information content (AvgIpc) is 3.49. The van der Waals surface area contributed by atoms with E-state index >= 15 is 0 Å². The van der Waals surface area contributed by atoms with Crippen molar-refractivity contribution in [1.82, 2.24) is 9.55 Å². The van der Waals surface area contributed by atoms with Gasteiger partial charge in [-0.2, -0.15) is 0 Å². The summed E-state index contributed by atoms with van der Waals surface area (Å²) in [6.07, 6.45) is 14.5. The third-order valence-electron chi connectivity index (χ3n) is 10.9. The smallest absolute Gasteiger partial charge is 0.0703 e. The van der Waals surface area contributed by atoms with Gasteiger partial charge in [-0.15, -0.1) is 0 Å². The molecule has 1 atom stereocenters. The Labute approximate surface area is 299 Å². The molecule has 2 aromatic heterocycles. The zero-order chi connectivity index (χ0) is 33.9. The summed E-state index contributed by atoms with van der Waals surface area (Å²) < 4.78 is 2.59. The first-order valence-corrected chi connectivity index (χ1v) is 18.1. The predicted molar refractivity (Wildman–Crippen MR) is 213 cm³/mol. The SMILES string of the molecule is CC1CC=Cc2c3c(n(-c4cccc(-c5cccc6c5CCC=C6)c4)c21)-c1ccccc1N(c1ccc(-c2ccccc2)nc1)c1ccccc1-3. The highest BCUT2D eigenvalue weighted by Gasteiger charge is 2.35. The normalized spacial score (nSPS) is 15.3. The lowest BCUT2D eigenvalue weighted by atomic mass is 9.89. The summed E-state index contributed by atoms with van der Waals surface area (Å²) in [5, 5.41) is 0. The van der Waals surface area contributed by atoms with E-state index in [4.69, 9.17) is 4.98 Å². The highest BCUT2D eigenvalue weighted by Crippen LogP contribution is 2.55. The van der Waals surface area contributed by atoms with Gasteiger partial charge in [-0.05, 0) is 77.9 Å². The molecule has 3 heterocycles. The van der Waals surface area contributed by atoms with E-state index in [1.807, 2.05) is 12.3 Å². The molecule has 3 nitrogen and oxygen atoms in total. The molecule has 7 aromatic rings. The molecule has 0 radical (unpaired) electrons. The number of para-hydroxylation sites is 2. The van der Waals surface area contributed by atoms with Crippen LogP contribution in [0.15, 0.2) is 152 Å². The number of anilines is 3. The monoisotopic (exact) mass is 655 g/mol. The third-order valence-corrected chi connectivity index (χ3v) is 10.9. The van der Waals surface area contributed by atoms with Gasteiger partial charge < -0.3 is 9.47 Å². The van der Waals surface area contributed by atoms with Crippen LogP contribution in [0.2, 0.25) is 0 Å². The molecule has 0 spiro atoms. The van der Waals surface area contributed by atoms with Gasteiger partial charge in [0, 0.05) is 45.1 Å². The van der Waals surface area contributed by atoms with E-state index in [2.05, 4.69) is 168 Å². The van der Waals surface area contributed by atoms with E-state index in [-0.39, 0.29) is 0 Å². The molecule has 5 aromatic carbocycles. The van der Waals surface area contributed by atoms with Crippen molar-refractivity contribution < 1.29 is 0 Å². The molecular weight excluding hydrogens is 619 g/mol. The first-order valence-electron chi connectivity index (χ1n) is 18.1. The van der Waals surface area contributed by atoms with E-state index in [0.29, 0.717) is 5.92 Å². The second kappa shape index (κ2) is 12.0. The fraction of sp³-hybridized carbons (Fsp3) is 0.104. The van der Waals surface area contributed by atoms with Gasteiger partial charge in [0.2, 0.25) is 0 Å². The Hall–Kier alpha value is -6.19. The van der Waals surface area contributed by atoms with Crippen molar-refractivity contribution in [3.63, 3.8) is 0 Å². The van der Waals surface area contributed by atoms with Gasteiger partial charge in [0.15, 0.2) is 0 Å². The number of allylic oxidation sites excluding steroid dienone is 2. The zero-order valence-electron chi connectivity index (χ0n) is 28.6. The molecule has 1 aliphatic heterocycles. The minimum atomic E-state index is 0.361. The van der Waals surface area contributed by atoms with Crippen LogP contribution in [0.1, 0.15) is 48.1 Å². The second-order valence-electron chi connectivity index (χ2n) is 13.9. The number of pyridine rings is 1. The molecule has 10 rings (SSSR count). The maximum atomic E-state index is 4.99. The second-order valence-corrected chi connectivity index (χ2v) is 13.9. The molecule has 0 saturated carbocycles. The van der Waals surface area contributed by atoms with Crippen LogP contribution in [0, 0.1) is 0 Å². The van der Waals surface area contributed by atoms with Crippen molar-refractivity contribution in [1.29, 1.82) is 0 Å². The summed E-state index contributed by atoms with van der Waals surface area (Å²) in [6.45, 7) is 2.38. The number of rotatable bonds is 4. The van der Waals surface area contributed by atoms with Crippen molar-refractivity contribution in [2.45, 2.75) is 32.1 Å². The van der Waals surface area contributed by atoms with Gasteiger partial charge in [-0.3, -0.25) is 4.98 Å². The van der Waals surface area contributed by atoms with Crippen molar-refractivity contribution in [3.8, 4) is 50.5 Å². The van der Waals surface area contributed by atoms with E-state index in [9.17, 15) is 0 Å². The fourth-order valence-electron chi connectivity index (χ4n) is 8.58. The van der Waals surface area contributed by atoms with Crippen molar-refractivity contribution in [2.75, 3.05) is 4.90 Å². The number of nitrogens with zero attached hydrogens (tertiary/aromatic N) is 3. The van der Waals surface area contributed by atoms with E-state index in [0.717, 1.165) is 47.6 Å². The van der Waals surface area contributed by atoms with Crippen molar-refractivity contribution in [2.24, 2.45) is 0 Å². The Morgan fingerprint density at radius 1 is 0.627 bits per heavy atom. The summed E-state index contributed by atoms with van der Waals surface area (Å²) in [7, 11) is 0. The Balaban J connectivity index is 1.22. The highest BCUT2D eigenvalue weighted by atomic mass is 15.2. The largest absolute Gasteiger partial charge is 0.312 e.